The Balaban J connectivity index is 2.56. The lowest BCUT2D eigenvalue weighted by Crippen LogP contribution is -2.51. The summed E-state index contributed by atoms with van der Waals surface area (Å²) in [5, 5.41) is 9.85. The van der Waals surface area contributed by atoms with Crippen molar-refractivity contribution in [2.24, 2.45) is 0 Å². The second kappa shape index (κ2) is 4.28. The van der Waals surface area contributed by atoms with Crippen LogP contribution >= 0.6 is 0 Å². The molecule has 0 aromatic carbocycles. The Morgan fingerprint density at radius 3 is 2.79 bits per heavy atom. The molecule has 0 bridgehead atoms. The lowest BCUT2D eigenvalue weighted by Gasteiger charge is -2.38. The second-order valence-corrected chi connectivity index (χ2v) is 4.27. The Bertz CT molecular complexity index is 215. The maximum atomic E-state index is 11.3. The lowest BCUT2D eigenvalue weighted by atomic mass is 9.94. The number of carbonyl (C=O) groups excluding carboxylic acids is 1. The highest BCUT2D eigenvalue weighted by Gasteiger charge is 2.33. The van der Waals surface area contributed by atoms with E-state index in [1.165, 1.54) is 7.11 Å². The van der Waals surface area contributed by atoms with Crippen molar-refractivity contribution in [3.63, 3.8) is 0 Å². The minimum Gasteiger partial charge on any atom is -0.468 e. The Labute approximate surface area is 84.8 Å². The summed E-state index contributed by atoms with van der Waals surface area (Å²) >= 11 is 0. The van der Waals surface area contributed by atoms with E-state index >= 15 is 0 Å². The maximum absolute atomic E-state index is 11.3. The van der Waals surface area contributed by atoms with Gasteiger partial charge in [0.2, 0.25) is 0 Å². The summed E-state index contributed by atoms with van der Waals surface area (Å²) in [4.78, 5) is 13.2. The molecule has 1 heterocycles. The van der Waals surface area contributed by atoms with Crippen LogP contribution in [-0.4, -0.2) is 47.8 Å². The summed E-state index contributed by atoms with van der Waals surface area (Å²) in [7, 11) is 1.39. The Kier molecular flexibility index (Phi) is 3.50. The van der Waals surface area contributed by atoms with Gasteiger partial charge < -0.3 is 9.84 Å². The third kappa shape index (κ3) is 2.69. The van der Waals surface area contributed by atoms with Crippen LogP contribution in [0.3, 0.4) is 0 Å². The van der Waals surface area contributed by atoms with Crippen molar-refractivity contribution in [2.75, 3.05) is 20.2 Å². The highest BCUT2D eigenvalue weighted by Crippen LogP contribution is 2.21. The van der Waals surface area contributed by atoms with Crippen molar-refractivity contribution in [3.05, 3.63) is 0 Å². The first-order valence-electron chi connectivity index (χ1n) is 5.00. The van der Waals surface area contributed by atoms with Crippen molar-refractivity contribution >= 4 is 5.97 Å². The molecule has 0 aromatic heterocycles. The van der Waals surface area contributed by atoms with E-state index < -0.39 is 5.60 Å². The van der Waals surface area contributed by atoms with Crippen molar-refractivity contribution in [1.82, 2.24) is 4.90 Å². The van der Waals surface area contributed by atoms with Gasteiger partial charge in [-0.25, -0.2) is 0 Å². The maximum Gasteiger partial charge on any atom is 0.322 e. The van der Waals surface area contributed by atoms with Crippen LogP contribution in [0.2, 0.25) is 0 Å². The molecule has 82 valence electrons. The smallest absolute Gasteiger partial charge is 0.322 e. The average Bonchev–Trinajstić information content (AvgIpc) is 2.14. The number of hydrogen-bond donors (Lipinski definition) is 1. The van der Waals surface area contributed by atoms with Crippen LogP contribution in [0.1, 0.15) is 26.7 Å². The number of hydrogen-bond acceptors (Lipinski definition) is 4. The van der Waals surface area contributed by atoms with E-state index in [4.69, 9.17) is 0 Å². The van der Waals surface area contributed by atoms with E-state index in [-0.39, 0.29) is 12.0 Å². The molecule has 1 fully saturated rings. The zero-order chi connectivity index (χ0) is 10.8. The number of aliphatic hydroxyl groups is 1. The molecule has 4 heteroatoms. The zero-order valence-electron chi connectivity index (χ0n) is 9.12. The van der Waals surface area contributed by atoms with Gasteiger partial charge >= 0.3 is 5.97 Å². The van der Waals surface area contributed by atoms with Gasteiger partial charge in [-0.05, 0) is 33.2 Å². The second-order valence-electron chi connectivity index (χ2n) is 4.27. The first kappa shape index (κ1) is 11.5. The van der Waals surface area contributed by atoms with Crippen LogP contribution in [-0.2, 0) is 9.53 Å². The van der Waals surface area contributed by atoms with Crippen molar-refractivity contribution < 1.29 is 14.6 Å². The van der Waals surface area contributed by atoms with Gasteiger partial charge in [0, 0.05) is 6.54 Å². The summed E-state index contributed by atoms with van der Waals surface area (Å²) in [6, 6.07) is -0.258. The molecule has 1 N–H and O–H groups in total. The number of rotatable bonds is 2. The fourth-order valence-corrected chi connectivity index (χ4v) is 1.91. The first-order valence-corrected chi connectivity index (χ1v) is 5.00. The van der Waals surface area contributed by atoms with Crippen molar-refractivity contribution in [1.29, 1.82) is 0 Å². The monoisotopic (exact) mass is 201 g/mol. The quantitative estimate of drug-likeness (QED) is 0.657. The topological polar surface area (TPSA) is 49.8 Å². The molecule has 0 spiro atoms. The normalized spacial score (nSPS) is 31.1. The molecule has 1 saturated heterocycles. The van der Waals surface area contributed by atoms with E-state index in [0.717, 1.165) is 19.4 Å². The molecule has 0 aromatic rings. The molecular weight excluding hydrogens is 182 g/mol. The average molecular weight is 201 g/mol. The molecule has 1 aliphatic heterocycles. The highest BCUT2D eigenvalue weighted by molar-refractivity contribution is 5.75. The first-order chi connectivity index (χ1) is 6.46. The van der Waals surface area contributed by atoms with Gasteiger partial charge in [-0.15, -0.1) is 0 Å². The van der Waals surface area contributed by atoms with Gasteiger partial charge in [-0.2, -0.15) is 0 Å². The number of methoxy groups -OCH3 is 1. The van der Waals surface area contributed by atoms with E-state index in [1.54, 1.807) is 0 Å². The number of carbonyl (C=O) groups is 1. The predicted octanol–water partition coefficient (Wildman–Crippen LogP) is 0.395. The Morgan fingerprint density at radius 2 is 2.29 bits per heavy atom. The van der Waals surface area contributed by atoms with Gasteiger partial charge in [-0.3, -0.25) is 9.69 Å². The Hall–Kier alpha value is -0.610. The summed E-state index contributed by atoms with van der Waals surface area (Å²) in [5.41, 5.74) is -0.666. The molecule has 0 amide bonds. The van der Waals surface area contributed by atoms with Crippen LogP contribution in [0.4, 0.5) is 0 Å². The van der Waals surface area contributed by atoms with Crippen LogP contribution in [0.5, 0.6) is 0 Å². The van der Waals surface area contributed by atoms with Crippen LogP contribution in [0.25, 0.3) is 0 Å². The predicted molar refractivity (Wildman–Crippen MR) is 52.9 cm³/mol. The molecule has 0 radical (unpaired) electrons. The van der Waals surface area contributed by atoms with Crippen molar-refractivity contribution in [3.8, 4) is 0 Å². The molecule has 1 aliphatic rings. The summed E-state index contributed by atoms with van der Waals surface area (Å²) in [6.45, 7) is 5.02. The molecule has 0 aliphatic carbocycles. The number of nitrogens with zero attached hydrogens (tertiary/aromatic N) is 1. The number of likely N-dealkylation sites (tertiary alicyclic amines) is 1. The van der Waals surface area contributed by atoms with E-state index in [0.29, 0.717) is 6.54 Å². The number of ether oxygens (including phenoxy) is 1. The minimum atomic E-state index is -0.666. The molecule has 4 nitrogen and oxygen atoms in total. The Morgan fingerprint density at radius 1 is 1.64 bits per heavy atom. The van der Waals surface area contributed by atoms with Crippen LogP contribution in [0, 0.1) is 0 Å². The molecule has 0 saturated carbocycles. The fourth-order valence-electron chi connectivity index (χ4n) is 1.91. The number of esters is 1. The van der Waals surface area contributed by atoms with Gasteiger partial charge in [0.15, 0.2) is 0 Å². The fraction of sp³-hybridized carbons (Fsp3) is 0.900. The van der Waals surface area contributed by atoms with Crippen molar-refractivity contribution in [2.45, 2.75) is 38.3 Å². The van der Waals surface area contributed by atoms with E-state index in [2.05, 4.69) is 4.74 Å². The lowest BCUT2D eigenvalue weighted by molar-refractivity contribution is -0.148. The SMILES string of the molecule is COC(=O)C(C)N1CCCC(C)(O)C1. The molecule has 1 rings (SSSR count). The number of β-amino-alcohol motifs (C(OH)–C–C–N with tert-alkyl or cyclic N) is 1. The third-order valence-electron chi connectivity index (χ3n) is 2.79. The van der Waals surface area contributed by atoms with Gasteiger partial charge in [0.25, 0.3) is 0 Å². The van der Waals surface area contributed by atoms with E-state index in [1.807, 2.05) is 18.7 Å². The van der Waals surface area contributed by atoms with E-state index in [9.17, 15) is 9.90 Å². The molecule has 14 heavy (non-hydrogen) atoms. The summed E-state index contributed by atoms with van der Waals surface area (Å²) < 4.78 is 4.67. The van der Waals surface area contributed by atoms with Crippen LogP contribution < -0.4 is 0 Å². The summed E-state index contributed by atoms with van der Waals surface area (Å²) in [5.74, 6) is -0.234. The standard InChI is InChI=1S/C10H19NO3/c1-8(9(12)14-3)11-6-4-5-10(2,13)7-11/h8,13H,4-7H2,1-3H3. The third-order valence-corrected chi connectivity index (χ3v) is 2.79. The highest BCUT2D eigenvalue weighted by atomic mass is 16.5. The number of piperidine rings is 1. The molecule has 2 atom stereocenters. The zero-order valence-corrected chi connectivity index (χ0v) is 9.12. The van der Waals surface area contributed by atoms with Crippen LogP contribution in [0.15, 0.2) is 0 Å². The van der Waals surface area contributed by atoms with Gasteiger partial charge in [0.1, 0.15) is 6.04 Å². The van der Waals surface area contributed by atoms with Gasteiger partial charge in [-0.1, -0.05) is 0 Å². The molecule has 2 unspecified atom stereocenters. The minimum absolute atomic E-state index is 0.234. The summed E-state index contributed by atoms with van der Waals surface area (Å²) in [6.07, 6.45) is 1.73. The molecular formula is C10H19NO3. The largest absolute Gasteiger partial charge is 0.468 e. The van der Waals surface area contributed by atoms with Gasteiger partial charge in [0.05, 0.1) is 12.7 Å².